The molecule has 0 saturated heterocycles. The van der Waals surface area contributed by atoms with Crippen LogP contribution in [0.4, 0.5) is 23.1 Å². The zero-order valence-electron chi connectivity index (χ0n) is 81.7. The van der Waals surface area contributed by atoms with E-state index in [0.717, 1.165) is 90.1 Å². The van der Waals surface area contributed by atoms with Crippen molar-refractivity contribution in [2.75, 3.05) is 47.4 Å². The number of aromatic nitrogens is 8. The molecule has 4 aliphatic heterocycles. The highest BCUT2D eigenvalue weighted by atomic mass is 16.4. The number of para-hydroxylation sites is 3. The maximum absolute atomic E-state index is 8.07. The lowest BCUT2D eigenvalue weighted by Gasteiger charge is -2.28. The Morgan fingerprint density at radius 1 is 0.369 bits per heavy atom. The lowest BCUT2D eigenvalue weighted by atomic mass is 9.51. The summed E-state index contributed by atoms with van der Waals surface area (Å²) in [6.07, 6.45) is 21.5. The lowest BCUT2D eigenvalue weighted by molar-refractivity contribution is -0.654. The van der Waals surface area contributed by atoms with Gasteiger partial charge in [-0.15, -0.1) is 0 Å². The minimum atomic E-state index is -2.22. The van der Waals surface area contributed by atoms with Gasteiger partial charge in [0, 0.05) is 82.9 Å². The summed E-state index contributed by atoms with van der Waals surface area (Å²) >= 11 is 0. The highest BCUT2D eigenvalue weighted by Gasteiger charge is 2.46. The summed E-state index contributed by atoms with van der Waals surface area (Å²) in [5, 5.41) is 4.36. The van der Waals surface area contributed by atoms with Crippen LogP contribution in [0.1, 0.15) is 164 Å². The highest BCUT2D eigenvalue weighted by molar-refractivity contribution is 6.83. The van der Waals surface area contributed by atoms with Gasteiger partial charge in [-0.2, -0.15) is 0 Å². The molecule has 16 nitrogen and oxygen atoms in total. The van der Waals surface area contributed by atoms with Crippen molar-refractivity contribution in [3.05, 3.63) is 334 Å². The van der Waals surface area contributed by atoms with Gasteiger partial charge in [-0.3, -0.25) is 0 Å². The molecular formula is C110H116B4N12O4+4. The van der Waals surface area contributed by atoms with E-state index in [9.17, 15) is 0 Å². The maximum Gasteiger partial charge on any atom is 0.426 e. The van der Waals surface area contributed by atoms with Gasteiger partial charge in [-0.1, -0.05) is 236 Å². The molecule has 130 heavy (non-hydrogen) atoms. The van der Waals surface area contributed by atoms with Gasteiger partial charge in [0.15, 0.2) is 46.9 Å². The number of anilines is 4. The summed E-state index contributed by atoms with van der Waals surface area (Å²) in [6, 6.07) is 71.6. The van der Waals surface area contributed by atoms with Crippen molar-refractivity contribution < 1.29 is 40.0 Å². The Bertz CT molecular complexity index is 7410. The molecule has 0 radical (unpaired) electrons. The average molecular weight is 1720 g/mol. The molecule has 7 aromatic carbocycles. The van der Waals surface area contributed by atoms with Crippen LogP contribution in [0.15, 0.2) is 284 Å². The normalized spacial score (nSPS) is 13.9. The number of hydrogen-bond acceptors (Lipinski definition) is 10. The summed E-state index contributed by atoms with van der Waals surface area (Å²) in [4.78, 5) is 18.1. The Labute approximate surface area is 770 Å². The molecule has 10 aromatic heterocycles. The number of benzene rings is 7. The minimum absolute atomic E-state index is 0.0342. The molecule has 14 heterocycles. The third-order valence-corrected chi connectivity index (χ3v) is 26.6. The van der Waals surface area contributed by atoms with Gasteiger partial charge in [0.25, 0.3) is 0 Å². The van der Waals surface area contributed by atoms with Crippen LogP contribution >= 0.6 is 0 Å². The second-order valence-electron chi connectivity index (χ2n) is 36.8. The topological polar surface area (TPSA) is 117 Å². The van der Waals surface area contributed by atoms with Gasteiger partial charge >= 0.3 is 27.4 Å². The standard InChI is InChI=1S/C34H37BN3O.C28H33BN3O.2C24H23BN3O/c1-22(2)28-20-26(25-13-9-8-10-14-25)21-29(23(3)4)32(28)38-18-17-36(6)34(38)35-24(5)19-30-27-15-11-12-16-31(27)39-33(30)37(35)7;1-18(2)21-12-10-13-22(19(3)4)26(21)32-16-15-30(6)28(32)29-20(5)17-24-23-11-8-9-14-25(23)33-27(24)31(29)7;1-16-15-27(3)22(14-20(16)18-8-6-5-7-9-18)25-13-12-21-23(28(25)4)19-11-10-17(2)26-24(19)29-21;1-16-14-22(27(3)15-20(16)18-8-6-5-7-9-18)25-13-12-21-23(28(25)4)19-11-10-17(2)26-24(19)29-21/h8-23H,1-7H3;8-19H,1-7H3;2*5-15H,1-4H3/q4*+1/i;;1D3;. The lowest BCUT2D eigenvalue weighted by Crippen LogP contribution is -2.63. The van der Waals surface area contributed by atoms with Crippen molar-refractivity contribution in [1.82, 2.24) is 19.1 Å². The van der Waals surface area contributed by atoms with Crippen molar-refractivity contribution >= 4 is 142 Å². The Morgan fingerprint density at radius 2 is 0.777 bits per heavy atom. The largest absolute Gasteiger partial charge is 0.441 e. The monoisotopic (exact) mass is 1720 g/mol. The van der Waals surface area contributed by atoms with Crippen molar-refractivity contribution in [3.8, 4) is 44.8 Å². The predicted octanol–water partition coefficient (Wildman–Crippen LogP) is 20.5. The number of fused-ring (bicyclic) bond motifs is 12. The van der Waals surface area contributed by atoms with Crippen LogP contribution in [0.25, 0.3) is 113 Å². The van der Waals surface area contributed by atoms with E-state index in [1.54, 1.807) is 6.20 Å². The molecule has 0 N–H and O–H groups in total. The molecule has 0 unspecified atom stereocenters. The zero-order valence-corrected chi connectivity index (χ0v) is 78.7. The molecular weight excluding hydrogens is 1600 g/mol. The SMILES string of the molecule is CC1=Cc2c(oc3ccccc23)N(C)B1c1n(-c2c(C(C)C)cc(-c3ccccc3)cc2C(C)C)cc[n+]1C.CC1=Cc2c(oc3ccccc23)N(C)B1c1n(-c2c(C(C)C)cccc2C(C)C)cc[n+]1C.Cc1ccc2c3c(oc2n1)C=CB(c1cc(C)c(-c2ccccc2)c[n+]1C)N3C.[2H]C([2H])([2H])c1c[n+](C)c(B2C=Cc3oc4nc(C)ccc4c3N2C)cc1-c1ccccc1. The van der Waals surface area contributed by atoms with Gasteiger partial charge in [0.05, 0.1) is 36.2 Å². The van der Waals surface area contributed by atoms with E-state index in [4.69, 9.17) is 21.8 Å². The molecule has 648 valence electrons. The molecule has 0 saturated carbocycles. The van der Waals surface area contributed by atoms with E-state index < -0.39 is 6.85 Å². The van der Waals surface area contributed by atoms with Crippen LogP contribution in [-0.2, 0) is 28.2 Å². The summed E-state index contributed by atoms with van der Waals surface area (Å²) < 4.78 is 62.5. The van der Waals surface area contributed by atoms with E-state index in [1.807, 2.05) is 105 Å². The number of hydrogen-bond donors (Lipinski definition) is 0. The fraction of sp³-hybridized carbons (Fsp3) is 0.236. The molecule has 0 aliphatic carbocycles. The summed E-state index contributed by atoms with van der Waals surface area (Å²) in [6.45, 7) is 26.9. The predicted molar refractivity (Wildman–Crippen MR) is 542 cm³/mol. The van der Waals surface area contributed by atoms with Crippen molar-refractivity contribution in [2.24, 2.45) is 28.2 Å². The van der Waals surface area contributed by atoms with Crippen LogP contribution < -0.4 is 60.1 Å². The number of nitrogens with zero attached hydrogens (tertiary/aromatic N) is 12. The molecule has 0 amide bonds. The Morgan fingerprint density at radius 3 is 1.22 bits per heavy atom. The van der Waals surface area contributed by atoms with Gasteiger partial charge < -0.3 is 36.9 Å². The maximum atomic E-state index is 8.07. The van der Waals surface area contributed by atoms with E-state index >= 15 is 0 Å². The molecule has 0 spiro atoms. The van der Waals surface area contributed by atoms with Crippen molar-refractivity contribution in [1.29, 1.82) is 0 Å². The molecule has 0 fully saturated rings. The second-order valence-corrected chi connectivity index (χ2v) is 36.8. The number of allylic oxidation sites excluding steroid dienone is 2. The average Bonchev–Trinajstić information content (AvgIpc) is 1.60. The fourth-order valence-corrected chi connectivity index (χ4v) is 19.9. The Hall–Kier alpha value is -13.9. The highest BCUT2D eigenvalue weighted by Crippen LogP contribution is 2.44. The number of rotatable bonds is 13. The van der Waals surface area contributed by atoms with Crippen LogP contribution in [0.2, 0.25) is 0 Å². The number of imidazole rings is 2. The van der Waals surface area contributed by atoms with Gasteiger partial charge in [0.1, 0.15) is 61.4 Å². The minimum Gasteiger partial charge on any atom is -0.441 e. The van der Waals surface area contributed by atoms with Crippen LogP contribution in [-0.4, -0.2) is 74.7 Å². The van der Waals surface area contributed by atoms with E-state index in [0.29, 0.717) is 40.7 Å². The summed E-state index contributed by atoms with van der Waals surface area (Å²) in [5.41, 5.74) is 33.1. The number of furan rings is 4. The second kappa shape index (κ2) is 35.3. The quantitative estimate of drug-likeness (QED) is 0.0816. The van der Waals surface area contributed by atoms with Crippen LogP contribution in [0, 0.1) is 27.6 Å². The van der Waals surface area contributed by atoms with E-state index in [1.165, 1.54) is 106 Å². The zero-order chi connectivity index (χ0) is 93.6. The van der Waals surface area contributed by atoms with Gasteiger partial charge in [-0.05, 0) is 187 Å². The molecule has 17 aromatic rings. The van der Waals surface area contributed by atoms with Crippen molar-refractivity contribution in [3.63, 3.8) is 0 Å². The number of aryl methyl sites for hydroxylation is 8. The third-order valence-electron chi connectivity index (χ3n) is 26.6. The third kappa shape index (κ3) is 15.8. The van der Waals surface area contributed by atoms with Gasteiger partial charge in [-0.25, -0.2) is 37.4 Å². The van der Waals surface area contributed by atoms with E-state index in [2.05, 4.69) is 371 Å². The molecule has 4 aliphatic rings. The fourth-order valence-electron chi connectivity index (χ4n) is 19.9. The van der Waals surface area contributed by atoms with E-state index in [-0.39, 0.29) is 27.4 Å². The Balaban J connectivity index is 0.000000119. The first-order valence-corrected chi connectivity index (χ1v) is 45.4. The molecule has 0 atom stereocenters. The number of pyridine rings is 4. The first kappa shape index (κ1) is 83.1. The molecule has 21 rings (SSSR count). The summed E-state index contributed by atoms with van der Waals surface area (Å²) in [7, 11) is 16.8. The van der Waals surface area contributed by atoms with Crippen molar-refractivity contribution in [2.45, 2.75) is 121 Å². The van der Waals surface area contributed by atoms with Crippen LogP contribution in [0.5, 0.6) is 0 Å². The molecule has 0 bridgehead atoms. The smallest absolute Gasteiger partial charge is 0.426 e. The van der Waals surface area contributed by atoms with Crippen LogP contribution in [0.3, 0.4) is 0 Å². The Kier molecular flexibility index (Phi) is 22.6. The summed E-state index contributed by atoms with van der Waals surface area (Å²) in [5.74, 6) is 9.38. The van der Waals surface area contributed by atoms with Gasteiger partial charge in [0.2, 0.25) is 22.9 Å². The first-order chi connectivity index (χ1) is 63.8. The first-order valence-electron chi connectivity index (χ1n) is 46.9. The molecule has 20 heteroatoms.